The minimum absolute atomic E-state index is 0.140. The smallest absolute Gasteiger partial charge is 0.264 e. The van der Waals surface area contributed by atoms with Crippen LogP contribution in [0.2, 0.25) is 0 Å². The van der Waals surface area contributed by atoms with Crippen LogP contribution < -0.4 is 5.56 Å². The normalized spacial score (nSPS) is 15.1. The fourth-order valence-electron chi connectivity index (χ4n) is 3.71. The highest BCUT2D eigenvalue weighted by Gasteiger charge is 2.35. The molecule has 0 aliphatic carbocycles. The largest absolute Gasteiger partial charge is 0.337 e. The van der Waals surface area contributed by atoms with Gasteiger partial charge in [0.25, 0.3) is 11.5 Å². The van der Waals surface area contributed by atoms with Crippen molar-refractivity contribution in [1.29, 1.82) is 0 Å². The fraction of sp³-hybridized carbons (Fsp3) is 0.261. The van der Waals surface area contributed by atoms with Gasteiger partial charge in [-0.15, -0.1) is 0 Å². The Labute approximate surface area is 164 Å². The molecule has 1 atom stereocenters. The van der Waals surface area contributed by atoms with Gasteiger partial charge in [0.1, 0.15) is 5.56 Å². The van der Waals surface area contributed by atoms with Crippen molar-refractivity contribution in [3.8, 4) is 0 Å². The van der Waals surface area contributed by atoms with Gasteiger partial charge in [0.05, 0.1) is 6.04 Å². The number of aryl methyl sites for hydroxylation is 1. The molecule has 1 aliphatic rings. The Bertz CT molecular complexity index is 1040. The Morgan fingerprint density at radius 2 is 1.79 bits per heavy atom. The van der Waals surface area contributed by atoms with Crippen molar-refractivity contribution in [3.63, 3.8) is 0 Å². The highest BCUT2D eigenvalue weighted by molar-refractivity contribution is 5.95. The molecule has 2 aromatic heterocycles. The van der Waals surface area contributed by atoms with Crippen LogP contribution in [-0.4, -0.2) is 33.4 Å². The summed E-state index contributed by atoms with van der Waals surface area (Å²) in [7, 11) is 0. The molecule has 1 aliphatic heterocycles. The molecule has 1 unspecified atom stereocenters. The Morgan fingerprint density at radius 3 is 2.46 bits per heavy atom. The quantitative estimate of drug-likeness (QED) is 0.704. The van der Waals surface area contributed by atoms with Gasteiger partial charge in [-0.2, -0.15) is 0 Å². The lowest BCUT2D eigenvalue weighted by Crippen LogP contribution is -2.50. The molecule has 142 valence electrons. The topological polar surface area (TPSA) is 55.2 Å². The van der Waals surface area contributed by atoms with Crippen LogP contribution in [0.3, 0.4) is 0 Å². The predicted octanol–water partition coefficient (Wildman–Crippen LogP) is 3.40. The minimum Gasteiger partial charge on any atom is -0.337 e. The standard InChI is InChI=1S/C23H23N3O2/c1-16-11-13-26(17(2)18-8-4-3-5-9-18)23(28)21(16)22(27)25-14-19(15-25)20-10-6-7-12-24-20/h3-13,17,19H,14-15H2,1-2H3. The first-order valence-corrected chi connectivity index (χ1v) is 9.53. The van der Waals surface area contributed by atoms with Gasteiger partial charge in [-0.25, -0.2) is 0 Å². The number of rotatable bonds is 4. The number of pyridine rings is 2. The van der Waals surface area contributed by atoms with Crippen LogP contribution in [0, 0.1) is 6.92 Å². The van der Waals surface area contributed by atoms with Gasteiger partial charge in [0.2, 0.25) is 0 Å². The number of likely N-dealkylation sites (tertiary alicyclic amines) is 1. The maximum atomic E-state index is 13.1. The second-order valence-corrected chi connectivity index (χ2v) is 7.33. The second kappa shape index (κ2) is 7.43. The van der Waals surface area contributed by atoms with Crippen LogP contribution in [0.1, 0.15) is 46.1 Å². The summed E-state index contributed by atoms with van der Waals surface area (Å²) in [5.41, 5.74) is 2.78. The summed E-state index contributed by atoms with van der Waals surface area (Å²) < 4.78 is 1.64. The number of hydrogen-bond acceptors (Lipinski definition) is 3. The van der Waals surface area contributed by atoms with Crippen LogP contribution in [0.4, 0.5) is 0 Å². The van der Waals surface area contributed by atoms with E-state index in [0.717, 1.165) is 11.3 Å². The van der Waals surface area contributed by atoms with Crippen molar-refractivity contribution in [2.24, 2.45) is 0 Å². The lowest BCUT2D eigenvalue weighted by Gasteiger charge is -2.39. The van der Waals surface area contributed by atoms with E-state index in [1.54, 1.807) is 21.9 Å². The highest BCUT2D eigenvalue weighted by atomic mass is 16.2. The molecule has 5 heteroatoms. The molecule has 3 heterocycles. The molecule has 0 saturated carbocycles. The minimum atomic E-state index is -0.234. The van der Waals surface area contributed by atoms with Gasteiger partial charge in [-0.3, -0.25) is 14.6 Å². The van der Waals surface area contributed by atoms with Gasteiger partial charge in [-0.05, 0) is 43.2 Å². The average Bonchev–Trinajstić information content (AvgIpc) is 2.68. The number of carbonyl (C=O) groups excluding carboxylic acids is 1. The summed E-state index contributed by atoms with van der Waals surface area (Å²) in [6.45, 7) is 4.99. The zero-order valence-electron chi connectivity index (χ0n) is 16.1. The van der Waals surface area contributed by atoms with E-state index in [1.165, 1.54) is 0 Å². The number of carbonyl (C=O) groups is 1. The van der Waals surface area contributed by atoms with Crippen LogP contribution in [0.25, 0.3) is 0 Å². The SMILES string of the molecule is Cc1ccn(C(C)c2ccccc2)c(=O)c1C(=O)N1CC(c2ccccn2)C1. The van der Waals surface area contributed by atoms with Crippen LogP contribution in [0.5, 0.6) is 0 Å². The van der Waals surface area contributed by atoms with Crippen LogP contribution in [0.15, 0.2) is 71.8 Å². The molecule has 0 radical (unpaired) electrons. The van der Waals surface area contributed by atoms with Gasteiger partial charge in [0.15, 0.2) is 0 Å². The average molecular weight is 373 g/mol. The molecule has 0 spiro atoms. The number of benzene rings is 1. The maximum absolute atomic E-state index is 13.1. The monoisotopic (exact) mass is 373 g/mol. The number of amides is 1. The third-order valence-corrected chi connectivity index (χ3v) is 5.52. The molecule has 1 amide bonds. The molecule has 4 rings (SSSR count). The van der Waals surface area contributed by atoms with Crippen molar-refractivity contribution in [2.45, 2.75) is 25.8 Å². The van der Waals surface area contributed by atoms with E-state index in [-0.39, 0.29) is 29.0 Å². The van der Waals surface area contributed by atoms with E-state index in [0.29, 0.717) is 18.7 Å². The fourth-order valence-corrected chi connectivity index (χ4v) is 3.71. The molecule has 1 aromatic carbocycles. The summed E-state index contributed by atoms with van der Waals surface area (Å²) in [4.78, 5) is 32.3. The second-order valence-electron chi connectivity index (χ2n) is 7.33. The summed E-state index contributed by atoms with van der Waals surface area (Å²) in [6.07, 6.45) is 3.55. The number of aromatic nitrogens is 2. The van der Waals surface area contributed by atoms with Crippen molar-refractivity contribution >= 4 is 5.91 Å². The van der Waals surface area contributed by atoms with Crippen LogP contribution in [-0.2, 0) is 0 Å². The molecule has 0 N–H and O–H groups in total. The highest BCUT2D eigenvalue weighted by Crippen LogP contribution is 2.27. The molecule has 3 aromatic rings. The molecule has 5 nitrogen and oxygen atoms in total. The van der Waals surface area contributed by atoms with Crippen molar-refractivity contribution in [1.82, 2.24) is 14.5 Å². The van der Waals surface area contributed by atoms with E-state index in [4.69, 9.17) is 0 Å². The van der Waals surface area contributed by atoms with E-state index < -0.39 is 0 Å². The maximum Gasteiger partial charge on any atom is 0.264 e. The van der Waals surface area contributed by atoms with E-state index in [1.807, 2.05) is 68.4 Å². The third-order valence-electron chi connectivity index (χ3n) is 5.52. The Balaban J connectivity index is 1.58. The first kappa shape index (κ1) is 18.2. The van der Waals surface area contributed by atoms with Crippen molar-refractivity contribution in [3.05, 3.63) is 99.7 Å². The van der Waals surface area contributed by atoms with Crippen molar-refractivity contribution in [2.75, 3.05) is 13.1 Å². The van der Waals surface area contributed by atoms with Gasteiger partial charge >= 0.3 is 0 Å². The zero-order valence-corrected chi connectivity index (χ0v) is 16.1. The van der Waals surface area contributed by atoms with Gasteiger partial charge < -0.3 is 9.47 Å². The summed E-state index contributed by atoms with van der Waals surface area (Å²) >= 11 is 0. The molecule has 0 bridgehead atoms. The zero-order chi connectivity index (χ0) is 19.7. The lowest BCUT2D eigenvalue weighted by atomic mass is 9.94. The summed E-state index contributed by atoms with van der Waals surface area (Å²) in [5, 5.41) is 0. The van der Waals surface area contributed by atoms with Gasteiger partial charge in [0, 0.05) is 37.1 Å². The van der Waals surface area contributed by atoms with E-state index in [9.17, 15) is 9.59 Å². The van der Waals surface area contributed by atoms with Gasteiger partial charge in [-0.1, -0.05) is 36.4 Å². The number of nitrogens with zero attached hydrogens (tertiary/aromatic N) is 3. The Kier molecular flexibility index (Phi) is 4.82. The summed E-state index contributed by atoms with van der Waals surface area (Å²) in [6, 6.07) is 17.4. The van der Waals surface area contributed by atoms with E-state index in [2.05, 4.69) is 4.98 Å². The molecule has 1 fully saturated rings. The molecule has 1 saturated heterocycles. The number of hydrogen-bond donors (Lipinski definition) is 0. The van der Waals surface area contributed by atoms with Crippen LogP contribution >= 0.6 is 0 Å². The predicted molar refractivity (Wildman–Crippen MR) is 109 cm³/mol. The lowest BCUT2D eigenvalue weighted by molar-refractivity contribution is 0.0595. The van der Waals surface area contributed by atoms with Crippen molar-refractivity contribution < 1.29 is 4.79 Å². The first-order chi connectivity index (χ1) is 13.6. The molecule has 28 heavy (non-hydrogen) atoms. The summed E-state index contributed by atoms with van der Waals surface area (Å²) in [5.74, 6) is 0.0453. The molecular weight excluding hydrogens is 350 g/mol. The third kappa shape index (κ3) is 3.24. The Hall–Kier alpha value is -3.21. The van der Waals surface area contributed by atoms with E-state index >= 15 is 0 Å². The Morgan fingerprint density at radius 1 is 1.07 bits per heavy atom. The first-order valence-electron chi connectivity index (χ1n) is 9.53. The molecular formula is C23H23N3O2.